The van der Waals surface area contributed by atoms with Crippen molar-refractivity contribution < 1.29 is 40.6 Å². The third-order valence-electron chi connectivity index (χ3n) is 8.96. The Morgan fingerprint density at radius 2 is 1.46 bits per heavy atom. The van der Waals surface area contributed by atoms with Crippen LogP contribution in [0.2, 0.25) is 0 Å². The zero-order chi connectivity index (χ0) is 36.3. The number of likely N-dealkylation sites (tertiary alicyclic amines) is 1. The van der Waals surface area contributed by atoms with E-state index >= 15 is 0 Å². The second-order valence-electron chi connectivity index (χ2n) is 13.8. The highest BCUT2D eigenvalue weighted by Gasteiger charge is 2.43. The zero-order valence-corrected chi connectivity index (χ0v) is 28.6. The third-order valence-corrected chi connectivity index (χ3v) is 8.96. The highest BCUT2D eigenvalue weighted by atomic mass is 19.4. The van der Waals surface area contributed by atoms with Gasteiger partial charge in [0.1, 0.15) is 5.60 Å². The number of alkyl halides is 6. The number of carbonyl (C=O) groups is 1. The van der Waals surface area contributed by atoms with Crippen molar-refractivity contribution in [2.45, 2.75) is 96.0 Å². The Kier molecular flexibility index (Phi) is 11.2. The maximum atomic E-state index is 13.9. The van der Waals surface area contributed by atoms with Crippen molar-refractivity contribution in [2.24, 2.45) is 0 Å². The number of piperidine rings is 1. The Morgan fingerprint density at radius 3 is 2.00 bits per heavy atom. The summed E-state index contributed by atoms with van der Waals surface area (Å²) >= 11 is 0. The van der Waals surface area contributed by atoms with Crippen molar-refractivity contribution in [1.82, 2.24) is 14.9 Å². The summed E-state index contributed by atoms with van der Waals surface area (Å²) in [6, 6.07) is 10.00. The van der Waals surface area contributed by atoms with Gasteiger partial charge in [-0.1, -0.05) is 37.3 Å². The molecule has 1 unspecified atom stereocenters. The number of aromatic nitrogens is 2. The van der Waals surface area contributed by atoms with Gasteiger partial charge in [0.05, 0.1) is 42.4 Å². The molecule has 3 heterocycles. The van der Waals surface area contributed by atoms with Gasteiger partial charge in [-0.15, -0.1) is 0 Å². The first-order chi connectivity index (χ1) is 23.5. The Hall–Kier alpha value is -4.07. The number of carbonyl (C=O) groups excluding carboxylic acids is 1. The molecule has 5 rings (SSSR count). The topological polar surface area (TPSA) is 71.0 Å². The lowest BCUT2D eigenvalue weighted by Crippen LogP contribution is -2.58. The molecule has 0 aliphatic carbocycles. The molecule has 50 heavy (non-hydrogen) atoms. The van der Waals surface area contributed by atoms with E-state index in [1.165, 1.54) is 0 Å². The van der Waals surface area contributed by atoms with E-state index in [1.54, 1.807) is 43.0 Å². The molecule has 2 fully saturated rings. The summed E-state index contributed by atoms with van der Waals surface area (Å²) in [7, 11) is 0. The van der Waals surface area contributed by atoms with E-state index in [0.29, 0.717) is 52.0 Å². The molecule has 2 aliphatic heterocycles. The van der Waals surface area contributed by atoms with Crippen LogP contribution >= 0.6 is 0 Å². The third kappa shape index (κ3) is 9.37. The highest BCUT2D eigenvalue weighted by Crippen LogP contribution is 2.38. The Labute approximate surface area is 288 Å². The minimum absolute atomic E-state index is 0.129. The molecule has 2 saturated heterocycles. The van der Waals surface area contributed by atoms with Crippen LogP contribution in [0.1, 0.15) is 69.2 Å². The molecule has 1 amide bonds. The normalized spacial score (nSPS) is 20.5. The van der Waals surface area contributed by atoms with Crippen LogP contribution in [0.3, 0.4) is 0 Å². The quantitative estimate of drug-likeness (QED) is 0.219. The molecule has 2 aromatic carbocycles. The number of hydrogen-bond donors (Lipinski definition) is 0. The van der Waals surface area contributed by atoms with Crippen molar-refractivity contribution in [3.8, 4) is 0 Å². The second-order valence-corrected chi connectivity index (χ2v) is 13.8. The minimum Gasteiger partial charge on any atom is -0.444 e. The largest absolute Gasteiger partial charge is 0.444 e. The molecule has 2 aliphatic rings. The molecule has 8 nitrogen and oxygen atoms in total. The van der Waals surface area contributed by atoms with Gasteiger partial charge < -0.3 is 24.2 Å². The highest BCUT2D eigenvalue weighted by molar-refractivity contribution is 5.69. The number of benzene rings is 2. The van der Waals surface area contributed by atoms with Crippen LogP contribution in [-0.2, 0) is 34.8 Å². The molecule has 0 bridgehead atoms. The molecule has 3 atom stereocenters. The first kappa shape index (κ1) is 37.2. The van der Waals surface area contributed by atoms with Crippen molar-refractivity contribution in [2.75, 3.05) is 36.1 Å². The Bertz CT molecular complexity index is 1540. The fourth-order valence-electron chi connectivity index (χ4n) is 6.67. The smallest absolute Gasteiger partial charge is 0.416 e. The summed E-state index contributed by atoms with van der Waals surface area (Å²) < 4.78 is 94.6. The number of ether oxygens (including phenoxy) is 2. The van der Waals surface area contributed by atoms with Gasteiger partial charge in [-0.25, -0.2) is 14.8 Å². The van der Waals surface area contributed by atoms with E-state index in [1.807, 2.05) is 42.2 Å². The maximum absolute atomic E-state index is 13.9. The number of nitrogens with zero attached hydrogens (tertiary/aromatic N) is 5. The molecule has 1 aromatic heterocycles. The monoisotopic (exact) mass is 707 g/mol. The van der Waals surface area contributed by atoms with Gasteiger partial charge in [-0.05, 0) is 75.8 Å². The van der Waals surface area contributed by atoms with Crippen LogP contribution in [0.25, 0.3) is 0 Å². The minimum atomic E-state index is -5.00. The maximum Gasteiger partial charge on any atom is 0.416 e. The van der Waals surface area contributed by atoms with E-state index < -0.39 is 47.3 Å². The molecule has 0 radical (unpaired) electrons. The lowest BCUT2D eigenvalue weighted by Gasteiger charge is -2.48. The summed E-state index contributed by atoms with van der Waals surface area (Å²) in [6.45, 7) is 9.28. The average Bonchev–Trinajstić information content (AvgIpc) is 3.06. The van der Waals surface area contributed by atoms with Crippen molar-refractivity contribution >= 4 is 17.7 Å². The van der Waals surface area contributed by atoms with E-state index in [0.717, 1.165) is 23.4 Å². The van der Waals surface area contributed by atoms with Crippen LogP contribution in [0.15, 0.2) is 60.9 Å². The predicted molar refractivity (Wildman–Crippen MR) is 177 cm³/mol. The summed E-state index contributed by atoms with van der Waals surface area (Å²) in [5, 5.41) is 0. The number of hydrogen-bond acceptors (Lipinski definition) is 7. The van der Waals surface area contributed by atoms with Crippen molar-refractivity contribution in [1.29, 1.82) is 0 Å². The van der Waals surface area contributed by atoms with E-state index in [9.17, 15) is 31.1 Å². The van der Waals surface area contributed by atoms with Crippen LogP contribution in [0, 0.1) is 0 Å². The summed E-state index contributed by atoms with van der Waals surface area (Å²) in [5.74, 6) is 0.164. The van der Waals surface area contributed by atoms with E-state index in [2.05, 4.69) is 9.97 Å². The van der Waals surface area contributed by atoms with Gasteiger partial charge in [0.15, 0.2) is 0 Å². The molecule has 272 valence electrons. The lowest BCUT2D eigenvalue weighted by molar-refractivity contribution is -0.143. The average molecular weight is 708 g/mol. The van der Waals surface area contributed by atoms with E-state index in [4.69, 9.17) is 9.47 Å². The van der Waals surface area contributed by atoms with Gasteiger partial charge in [-0.2, -0.15) is 26.3 Å². The first-order valence-corrected chi connectivity index (χ1v) is 16.8. The van der Waals surface area contributed by atoms with Gasteiger partial charge in [0, 0.05) is 37.8 Å². The van der Waals surface area contributed by atoms with Crippen molar-refractivity contribution in [3.63, 3.8) is 0 Å². The fraction of sp³-hybridized carbons (Fsp3) is 0.528. The second kappa shape index (κ2) is 15.0. The van der Waals surface area contributed by atoms with Crippen LogP contribution in [0.5, 0.6) is 0 Å². The summed E-state index contributed by atoms with van der Waals surface area (Å²) in [6.07, 6.45) is -5.55. The Balaban J connectivity index is 1.57. The van der Waals surface area contributed by atoms with Gasteiger partial charge in [-0.3, -0.25) is 0 Å². The standard InChI is InChI=1S/C36H43F6N5O3/c1-5-28-19-29(20-30(17-24-9-7-6-8-10-24)47(28)33(48)50-34(2,3)4)46(32-43-21-31(22-44-32)45-11-13-49-14-12-45)23-25-15-26(35(37,38)39)18-27(16-25)36(40,41)42/h6-10,15-16,18,21-22,28-30H,5,11-14,17,19-20,23H2,1-4H3/t28-,29?,30+/m1/s1. The fourth-order valence-corrected chi connectivity index (χ4v) is 6.67. The van der Waals surface area contributed by atoms with E-state index in [-0.39, 0.29) is 30.2 Å². The number of anilines is 2. The number of morpholine rings is 1. The van der Waals surface area contributed by atoms with Gasteiger partial charge >= 0.3 is 18.4 Å². The molecule has 3 aromatic rings. The number of halogens is 6. The number of amides is 1. The van der Waals surface area contributed by atoms with Gasteiger partial charge in [0.25, 0.3) is 0 Å². The zero-order valence-electron chi connectivity index (χ0n) is 28.6. The molecule has 14 heteroatoms. The lowest BCUT2D eigenvalue weighted by atomic mass is 9.86. The van der Waals surface area contributed by atoms with Gasteiger partial charge in [0.2, 0.25) is 5.95 Å². The summed E-state index contributed by atoms with van der Waals surface area (Å²) in [5.41, 5.74) is -2.03. The molecular formula is C36H43F6N5O3. The number of rotatable bonds is 8. The molecular weight excluding hydrogens is 664 g/mol. The van der Waals surface area contributed by atoms with Crippen molar-refractivity contribution in [3.05, 3.63) is 83.2 Å². The molecule has 0 N–H and O–H groups in total. The Morgan fingerprint density at radius 1 is 0.880 bits per heavy atom. The van der Waals surface area contributed by atoms with Crippen LogP contribution in [0.4, 0.5) is 42.8 Å². The molecule has 0 saturated carbocycles. The molecule has 0 spiro atoms. The predicted octanol–water partition coefficient (Wildman–Crippen LogP) is 8.15. The summed E-state index contributed by atoms with van der Waals surface area (Å²) in [4.78, 5) is 28.4. The first-order valence-electron chi connectivity index (χ1n) is 16.8. The van der Waals surface area contributed by atoms with Crippen LogP contribution < -0.4 is 9.80 Å². The SMILES string of the molecule is CC[C@@H]1CC(N(Cc2cc(C(F)(F)F)cc(C(F)(F)F)c2)c2ncc(N3CCOCC3)cn2)C[C@H](Cc2ccccc2)N1C(=O)OC(C)(C)C. The van der Waals surface area contributed by atoms with Crippen LogP contribution in [-0.4, -0.2) is 71.0 Å².